The Morgan fingerprint density at radius 3 is 1.23 bits per heavy atom. The quantitative estimate of drug-likeness (QED) is 0.105. The first kappa shape index (κ1) is 31.4. The Kier molecular flexibility index (Phi) is 29.4. The van der Waals surface area contributed by atoms with Crippen molar-refractivity contribution in [1.82, 2.24) is 4.90 Å². The maximum Gasteiger partial charge on any atom is 0.330 e. The van der Waals surface area contributed by atoms with E-state index in [2.05, 4.69) is 37.2 Å². The molecule has 3 heteroatoms. The van der Waals surface area contributed by atoms with Gasteiger partial charge in [-0.1, -0.05) is 123 Å². The van der Waals surface area contributed by atoms with Crippen molar-refractivity contribution < 1.29 is 9.53 Å². The average Bonchev–Trinajstić information content (AvgIpc) is 2.73. The van der Waals surface area contributed by atoms with Crippen LogP contribution in [-0.4, -0.2) is 38.1 Å². The third-order valence-corrected chi connectivity index (χ3v) is 5.41. The summed E-state index contributed by atoms with van der Waals surface area (Å²) < 4.78 is 4.43. The number of hydrogen-bond acceptors (Lipinski definition) is 3. The van der Waals surface area contributed by atoms with Crippen LogP contribution in [0, 0.1) is 0 Å². The van der Waals surface area contributed by atoms with Crippen molar-refractivity contribution >= 4 is 5.97 Å². The minimum absolute atomic E-state index is 0.359. The lowest BCUT2D eigenvalue weighted by molar-refractivity contribution is -0.137. The molecule has 0 bridgehead atoms. The molecular weight excluding hydrogens is 370 g/mol. The van der Waals surface area contributed by atoms with Gasteiger partial charge in [-0.15, -0.1) is 0 Å². The molecule has 0 amide bonds. The summed E-state index contributed by atoms with van der Waals surface area (Å²) in [5, 5.41) is 0. The van der Waals surface area contributed by atoms with Crippen molar-refractivity contribution in [3.63, 3.8) is 0 Å². The van der Waals surface area contributed by atoms with Gasteiger partial charge in [-0.3, -0.25) is 0 Å². The van der Waals surface area contributed by atoms with E-state index in [0.29, 0.717) is 6.61 Å². The minimum Gasteiger partial charge on any atom is -0.463 e. The molecule has 0 saturated heterocycles. The van der Waals surface area contributed by atoms with Crippen molar-refractivity contribution in [2.24, 2.45) is 0 Å². The normalized spacial score (nSPS) is 10.6. The first-order chi connectivity index (χ1) is 14.6. The topological polar surface area (TPSA) is 29.5 Å². The molecular formula is C27H55NO2. The Hall–Kier alpha value is -0.830. The van der Waals surface area contributed by atoms with E-state index in [0.717, 1.165) is 6.08 Å². The lowest BCUT2D eigenvalue weighted by Crippen LogP contribution is -2.12. The Balaban J connectivity index is 0. The fourth-order valence-corrected chi connectivity index (χ4v) is 3.53. The van der Waals surface area contributed by atoms with Crippen molar-refractivity contribution in [3.05, 3.63) is 12.7 Å². The summed E-state index contributed by atoms with van der Waals surface area (Å²) in [5.74, 6) is -0.359. The highest BCUT2D eigenvalue weighted by Gasteiger charge is 1.95. The third-order valence-electron chi connectivity index (χ3n) is 5.41. The number of ether oxygens (including phenoxy) is 1. The standard InChI is InChI=1S/C22H47N.C5H8O2/c1-4-5-6-7-8-9-10-11-12-13-14-15-16-17-18-19-20-21-22-23(2)3;1-3-5(6)7-4-2/h4-22H2,1-3H3;3H,1,4H2,2H3. The molecule has 0 saturated carbocycles. The number of hydrogen-bond donors (Lipinski definition) is 0. The van der Waals surface area contributed by atoms with Gasteiger partial charge < -0.3 is 9.64 Å². The van der Waals surface area contributed by atoms with E-state index in [1.807, 2.05) is 0 Å². The molecule has 0 radical (unpaired) electrons. The lowest BCUT2D eigenvalue weighted by atomic mass is 10.0. The molecule has 0 atom stereocenters. The summed E-state index contributed by atoms with van der Waals surface area (Å²) >= 11 is 0. The van der Waals surface area contributed by atoms with Crippen molar-refractivity contribution in [2.45, 2.75) is 129 Å². The van der Waals surface area contributed by atoms with E-state index in [9.17, 15) is 4.79 Å². The lowest BCUT2D eigenvalue weighted by Gasteiger charge is -2.08. The van der Waals surface area contributed by atoms with E-state index in [-0.39, 0.29) is 5.97 Å². The zero-order valence-electron chi connectivity index (χ0n) is 21.2. The fourth-order valence-electron chi connectivity index (χ4n) is 3.53. The predicted octanol–water partition coefficient (Wildman–Crippen LogP) is 8.33. The predicted molar refractivity (Wildman–Crippen MR) is 134 cm³/mol. The molecule has 0 heterocycles. The van der Waals surface area contributed by atoms with Crippen molar-refractivity contribution in [1.29, 1.82) is 0 Å². The molecule has 0 spiro atoms. The van der Waals surface area contributed by atoms with E-state index in [1.54, 1.807) is 6.92 Å². The molecule has 0 aliphatic rings. The number of nitrogens with zero attached hydrogens (tertiary/aromatic N) is 1. The summed E-state index contributed by atoms with van der Waals surface area (Å²) in [4.78, 5) is 12.4. The maximum absolute atomic E-state index is 10.1. The van der Waals surface area contributed by atoms with Crippen LogP contribution in [0.3, 0.4) is 0 Å². The van der Waals surface area contributed by atoms with Gasteiger partial charge in [-0.05, 0) is 34.0 Å². The zero-order valence-corrected chi connectivity index (χ0v) is 21.2. The number of esters is 1. The smallest absolute Gasteiger partial charge is 0.330 e. The average molecular weight is 426 g/mol. The summed E-state index contributed by atoms with van der Waals surface area (Å²) in [5.41, 5.74) is 0. The molecule has 0 aliphatic carbocycles. The fraction of sp³-hybridized carbons (Fsp3) is 0.889. The number of carbonyl (C=O) groups is 1. The van der Waals surface area contributed by atoms with E-state index < -0.39 is 0 Å². The van der Waals surface area contributed by atoms with Gasteiger partial charge in [0, 0.05) is 6.08 Å². The van der Waals surface area contributed by atoms with Crippen LogP contribution in [0.2, 0.25) is 0 Å². The highest BCUT2D eigenvalue weighted by Crippen LogP contribution is 2.14. The third kappa shape index (κ3) is 31.9. The summed E-state index contributed by atoms with van der Waals surface area (Å²) in [6.45, 7) is 8.94. The molecule has 0 aromatic heterocycles. The van der Waals surface area contributed by atoms with Crippen LogP contribution in [0.5, 0.6) is 0 Å². The molecule has 0 fully saturated rings. The molecule has 3 nitrogen and oxygen atoms in total. The Morgan fingerprint density at radius 1 is 0.667 bits per heavy atom. The minimum atomic E-state index is -0.359. The van der Waals surface area contributed by atoms with Gasteiger partial charge in [0.25, 0.3) is 0 Å². The molecule has 0 aromatic rings. The van der Waals surface area contributed by atoms with E-state index >= 15 is 0 Å². The summed E-state index contributed by atoms with van der Waals surface area (Å²) in [6.07, 6.45) is 27.4. The summed E-state index contributed by atoms with van der Waals surface area (Å²) in [6, 6.07) is 0. The number of unbranched alkanes of at least 4 members (excludes halogenated alkanes) is 17. The van der Waals surface area contributed by atoms with E-state index in [4.69, 9.17) is 0 Å². The van der Waals surface area contributed by atoms with Gasteiger partial charge in [0.05, 0.1) is 6.61 Å². The monoisotopic (exact) mass is 425 g/mol. The molecule has 0 unspecified atom stereocenters. The van der Waals surface area contributed by atoms with Crippen LogP contribution in [0.4, 0.5) is 0 Å². The molecule has 0 aliphatic heterocycles. The highest BCUT2D eigenvalue weighted by molar-refractivity contribution is 5.81. The molecule has 180 valence electrons. The van der Waals surface area contributed by atoms with Gasteiger partial charge in [-0.25, -0.2) is 4.79 Å². The van der Waals surface area contributed by atoms with Gasteiger partial charge >= 0.3 is 5.97 Å². The largest absolute Gasteiger partial charge is 0.463 e. The van der Waals surface area contributed by atoms with E-state index in [1.165, 1.54) is 122 Å². The zero-order chi connectivity index (χ0) is 22.7. The van der Waals surface area contributed by atoms with Crippen LogP contribution >= 0.6 is 0 Å². The Labute approximate surface area is 190 Å². The first-order valence-electron chi connectivity index (χ1n) is 13.0. The van der Waals surface area contributed by atoms with Gasteiger partial charge in [0.1, 0.15) is 0 Å². The summed E-state index contributed by atoms with van der Waals surface area (Å²) in [7, 11) is 4.35. The van der Waals surface area contributed by atoms with Crippen molar-refractivity contribution in [2.75, 3.05) is 27.2 Å². The SMILES string of the molecule is C=CC(=O)OCC.CCCCCCCCCCCCCCCCCCCCN(C)C. The molecule has 30 heavy (non-hydrogen) atoms. The Bertz CT molecular complexity index is 342. The molecule has 0 rings (SSSR count). The first-order valence-corrected chi connectivity index (χ1v) is 13.0. The van der Waals surface area contributed by atoms with Crippen LogP contribution in [0.25, 0.3) is 0 Å². The van der Waals surface area contributed by atoms with Crippen LogP contribution in [0.15, 0.2) is 12.7 Å². The van der Waals surface area contributed by atoms with Crippen LogP contribution in [-0.2, 0) is 9.53 Å². The van der Waals surface area contributed by atoms with Crippen LogP contribution < -0.4 is 0 Å². The van der Waals surface area contributed by atoms with Crippen LogP contribution in [0.1, 0.15) is 129 Å². The maximum atomic E-state index is 10.1. The second-order valence-corrected chi connectivity index (χ2v) is 8.77. The van der Waals surface area contributed by atoms with Gasteiger partial charge in [0.2, 0.25) is 0 Å². The number of rotatable bonds is 21. The second-order valence-electron chi connectivity index (χ2n) is 8.77. The Morgan fingerprint density at radius 2 is 1.00 bits per heavy atom. The molecule has 0 aromatic carbocycles. The highest BCUT2D eigenvalue weighted by atomic mass is 16.5. The number of carbonyl (C=O) groups excluding carboxylic acids is 1. The van der Waals surface area contributed by atoms with Gasteiger partial charge in [0.15, 0.2) is 0 Å². The van der Waals surface area contributed by atoms with Gasteiger partial charge in [-0.2, -0.15) is 0 Å². The molecule has 0 N–H and O–H groups in total. The second kappa shape index (κ2) is 28.2. The van der Waals surface area contributed by atoms with Crippen molar-refractivity contribution in [3.8, 4) is 0 Å².